The van der Waals surface area contributed by atoms with E-state index in [2.05, 4.69) is 10.6 Å². The molecule has 2 atom stereocenters. The van der Waals surface area contributed by atoms with Gasteiger partial charge in [0, 0.05) is 18.5 Å². The Kier molecular flexibility index (Phi) is 6.42. The van der Waals surface area contributed by atoms with Crippen LogP contribution in [0.15, 0.2) is 60.7 Å². The molecule has 0 unspecified atom stereocenters. The standard InChI is InChI=1S/C22H24N2O4/c1-15(25)23-19(16-8-4-2-5-9-16)14-20(26)28-21(17-10-6-3-7-11-17)22(27)24-18-12-13-18/h2-11,18-19,21H,12-14H2,1H3,(H,23,25)(H,24,27)/t19-,21+/m0/s1. The van der Waals surface area contributed by atoms with Crippen molar-refractivity contribution in [3.05, 3.63) is 71.8 Å². The second kappa shape index (κ2) is 9.17. The van der Waals surface area contributed by atoms with Gasteiger partial charge in [0.2, 0.25) is 12.0 Å². The van der Waals surface area contributed by atoms with Gasteiger partial charge in [-0.05, 0) is 18.4 Å². The van der Waals surface area contributed by atoms with Gasteiger partial charge in [-0.3, -0.25) is 14.4 Å². The van der Waals surface area contributed by atoms with E-state index in [1.807, 2.05) is 36.4 Å². The molecular formula is C22H24N2O4. The first-order valence-corrected chi connectivity index (χ1v) is 9.40. The molecule has 3 rings (SSSR count). The van der Waals surface area contributed by atoms with Gasteiger partial charge in [0.15, 0.2) is 0 Å². The average molecular weight is 380 g/mol. The minimum Gasteiger partial charge on any atom is -0.447 e. The first kappa shape index (κ1) is 19.6. The van der Waals surface area contributed by atoms with Crippen LogP contribution < -0.4 is 10.6 Å². The lowest BCUT2D eigenvalue weighted by atomic mass is 10.0. The minimum absolute atomic E-state index is 0.0658. The van der Waals surface area contributed by atoms with Crippen molar-refractivity contribution in [1.29, 1.82) is 0 Å². The van der Waals surface area contributed by atoms with Crippen molar-refractivity contribution < 1.29 is 19.1 Å². The number of esters is 1. The van der Waals surface area contributed by atoms with Crippen molar-refractivity contribution >= 4 is 17.8 Å². The minimum atomic E-state index is -1.01. The van der Waals surface area contributed by atoms with E-state index < -0.39 is 18.1 Å². The lowest BCUT2D eigenvalue weighted by molar-refractivity contribution is -0.157. The third-order valence-corrected chi connectivity index (χ3v) is 4.46. The smallest absolute Gasteiger partial charge is 0.309 e. The van der Waals surface area contributed by atoms with Gasteiger partial charge in [0.05, 0.1) is 12.5 Å². The lowest BCUT2D eigenvalue weighted by Crippen LogP contribution is -2.34. The Morgan fingerprint density at radius 2 is 1.54 bits per heavy atom. The van der Waals surface area contributed by atoms with E-state index in [0.29, 0.717) is 5.56 Å². The highest BCUT2D eigenvalue weighted by Gasteiger charge is 2.31. The topological polar surface area (TPSA) is 84.5 Å². The maximum atomic E-state index is 12.6. The summed E-state index contributed by atoms with van der Waals surface area (Å²) in [6, 6.07) is 17.8. The molecule has 0 aliphatic heterocycles. The van der Waals surface area contributed by atoms with E-state index in [4.69, 9.17) is 4.74 Å². The Morgan fingerprint density at radius 1 is 0.964 bits per heavy atom. The highest BCUT2D eigenvalue weighted by atomic mass is 16.5. The van der Waals surface area contributed by atoms with Gasteiger partial charge in [0.25, 0.3) is 5.91 Å². The first-order chi connectivity index (χ1) is 13.5. The first-order valence-electron chi connectivity index (χ1n) is 9.40. The molecule has 2 N–H and O–H groups in total. The maximum Gasteiger partial charge on any atom is 0.309 e. The third kappa shape index (κ3) is 5.67. The van der Waals surface area contributed by atoms with Gasteiger partial charge in [0.1, 0.15) is 0 Å². The summed E-state index contributed by atoms with van der Waals surface area (Å²) in [4.78, 5) is 36.8. The van der Waals surface area contributed by atoms with E-state index in [1.54, 1.807) is 24.3 Å². The molecule has 2 aromatic carbocycles. The Labute approximate surface area is 164 Å². The third-order valence-electron chi connectivity index (χ3n) is 4.46. The van der Waals surface area contributed by atoms with Crippen molar-refractivity contribution in [2.24, 2.45) is 0 Å². The normalized spacial score (nSPS) is 15.2. The van der Waals surface area contributed by atoms with Crippen molar-refractivity contribution in [1.82, 2.24) is 10.6 Å². The summed E-state index contributed by atoms with van der Waals surface area (Å²) in [5.74, 6) is -1.12. The number of carbonyl (C=O) groups excluding carboxylic acids is 3. The SMILES string of the molecule is CC(=O)N[C@@H](CC(=O)O[C@@H](C(=O)NC1CC1)c1ccccc1)c1ccccc1. The van der Waals surface area contributed by atoms with Crippen LogP contribution in [0.5, 0.6) is 0 Å². The van der Waals surface area contributed by atoms with Crippen LogP contribution in [0.4, 0.5) is 0 Å². The molecular weight excluding hydrogens is 356 g/mol. The number of rotatable bonds is 8. The lowest BCUT2D eigenvalue weighted by Gasteiger charge is -2.21. The molecule has 0 radical (unpaired) electrons. The summed E-state index contributed by atoms with van der Waals surface area (Å²) in [6.07, 6.45) is 0.812. The summed E-state index contributed by atoms with van der Waals surface area (Å²) in [5.41, 5.74) is 1.41. The van der Waals surface area contributed by atoms with Crippen LogP contribution in [0, 0.1) is 0 Å². The zero-order chi connectivity index (χ0) is 19.9. The molecule has 2 amide bonds. The zero-order valence-corrected chi connectivity index (χ0v) is 15.8. The molecule has 0 saturated heterocycles. The van der Waals surface area contributed by atoms with Crippen LogP contribution >= 0.6 is 0 Å². The number of hydrogen-bond acceptors (Lipinski definition) is 4. The van der Waals surface area contributed by atoms with Crippen molar-refractivity contribution in [3.8, 4) is 0 Å². The molecule has 2 aromatic rings. The van der Waals surface area contributed by atoms with Crippen LogP contribution in [-0.2, 0) is 19.1 Å². The monoisotopic (exact) mass is 380 g/mol. The zero-order valence-electron chi connectivity index (χ0n) is 15.8. The number of benzene rings is 2. The molecule has 1 aliphatic rings. The molecule has 1 saturated carbocycles. The van der Waals surface area contributed by atoms with Crippen molar-refractivity contribution in [3.63, 3.8) is 0 Å². The van der Waals surface area contributed by atoms with Crippen LogP contribution in [-0.4, -0.2) is 23.8 Å². The van der Waals surface area contributed by atoms with Crippen LogP contribution in [0.2, 0.25) is 0 Å². The Morgan fingerprint density at radius 3 is 2.07 bits per heavy atom. The fourth-order valence-electron chi connectivity index (χ4n) is 2.93. The van der Waals surface area contributed by atoms with E-state index in [9.17, 15) is 14.4 Å². The largest absolute Gasteiger partial charge is 0.447 e. The van der Waals surface area contributed by atoms with Crippen LogP contribution in [0.3, 0.4) is 0 Å². The fourth-order valence-corrected chi connectivity index (χ4v) is 2.93. The number of nitrogens with one attached hydrogen (secondary N) is 2. The average Bonchev–Trinajstić information content (AvgIpc) is 3.50. The summed E-state index contributed by atoms with van der Waals surface area (Å²) in [7, 11) is 0. The van der Waals surface area contributed by atoms with Crippen LogP contribution in [0.1, 0.15) is 49.5 Å². The van der Waals surface area contributed by atoms with E-state index in [1.165, 1.54) is 6.92 Å². The molecule has 1 aliphatic carbocycles. The number of carbonyl (C=O) groups is 3. The van der Waals surface area contributed by atoms with Gasteiger partial charge in [-0.25, -0.2) is 0 Å². The van der Waals surface area contributed by atoms with E-state index >= 15 is 0 Å². The molecule has 6 nitrogen and oxygen atoms in total. The summed E-state index contributed by atoms with van der Waals surface area (Å²) in [6.45, 7) is 1.40. The molecule has 0 aromatic heterocycles. The predicted molar refractivity (Wildman–Crippen MR) is 104 cm³/mol. The van der Waals surface area contributed by atoms with Gasteiger partial charge >= 0.3 is 5.97 Å². The second-order valence-corrected chi connectivity index (χ2v) is 6.93. The molecule has 28 heavy (non-hydrogen) atoms. The highest BCUT2D eigenvalue weighted by molar-refractivity contribution is 5.85. The van der Waals surface area contributed by atoms with Crippen LogP contribution in [0.25, 0.3) is 0 Å². The number of ether oxygens (including phenoxy) is 1. The van der Waals surface area contributed by atoms with Gasteiger partial charge in [-0.2, -0.15) is 0 Å². The molecule has 0 heterocycles. The summed E-state index contributed by atoms with van der Waals surface area (Å²) < 4.78 is 5.56. The highest BCUT2D eigenvalue weighted by Crippen LogP contribution is 2.25. The molecule has 1 fully saturated rings. The Bertz CT molecular complexity index is 819. The van der Waals surface area contributed by atoms with Gasteiger partial charge in [-0.1, -0.05) is 60.7 Å². The second-order valence-electron chi connectivity index (χ2n) is 6.93. The van der Waals surface area contributed by atoms with Crippen molar-refractivity contribution in [2.75, 3.05) is 0 Å². The van der Waals surface area contributed by atoms with E-state index in [0.717, 1.165) is 18.4 Å². The molecule has 6 heteroatoms. The number of hydrogen-bond donors (Lipinski definition) is 2. The van der Waals surface area contributed by atoms with E-state index in [-0.39, 0.29) is 24.3 Å². The maximum absolute atomic E-state index is 12.6. The molecule has 0 bridgehead atoms. The summed E-state index contributed by atoms with van der Waals surface area (Å²) >= 11 is 0. The Balaban J connectivity index is 1.72. The molecule has 146 valence electrons. The quantitative estimate of drug-likeness (QED) is 0.690. The molecule has 0 spiro atoms. The van der Waals surface area contributed by atoms with Gasteiger partial charge in [-0.15, -0.1) is 0 Å². The van der Waals surface area contributed by atoms with Gasteiger partial charge < -0.3 is 15.4 Å². The summed E-state index contributed by atoms with van der Waals surface area (Å²) in [5, 5.41) is 5.66. The Hall–Kier alpha value is -3.15. The predicted octanol–water partition coefficient (Wildman–Crippen LogP) is 2.82. The fraction of sp³-hybridized carbons (Fsp3) is 0.318. The number of amides is 2. The van der Waals surface area contributed by atoms with Crippen molar-refractivity contribution in [2.45, 2.75) is 44.4 Å².